The van der Waals surface area contributed by atoms with Crippen LogP contribution in [0.5, 0.6) is 0 Å². The van der Waals surface area contributed by atoms with Crippen LogP contribution >= 0.6 is 12.2 Å². The summed E-state index contributed by atoms with van der Waals surface area (Å²) < 4.78 is 5.69. The third kappa shape index (κ3) is 4.09. The first-order valence-corrected chi connectivity index (χ1v) is 7.86. The maximum Gasteiger partial charge on any atom is 0.166 e. The molecule has 4 heteroatoms. The van der Waals surface area contributed by atoms with E-state index < -0.39 is 0 Å². The lowest BCUT2D eigenvalue weighted by Crippen LogP contribution is -2.44. The Morgan fingerprint density at radius 1 is 1.22 bits per heavy atom. The Balaban J connectivity index is 1.64. The van der Waals surface area contributed by atoms with E-state index >= 15 is 0 Å². The molecule has 2 N–H and O–H groups in total. The summed E-state index contributed by atoms with van der Waals surface area (Å²) >= 11 is 5.38. The second-order valence-electron chi connectivity index (χ2n) is 5.56. The summed E-state index contributed by atoms with van der Waals surface area (Å²) in [6, 6.07) is 0.598. The van der Waals surface area contributed by atoms with E-state index in [2.05, 4.69) is 17.6 Å². The maximum absolute atomic E-state index is 5.69. The molecule has 1 aliphatic carbocycles. The number of hydrogen-bond donors (Lipinski definition) is 2. The van der Waals surface area contributed by atoms with Gasteiger partial charge in [0.1, 0.15) is 0 Å². The van der Waals surface area contributed by atoms with Crippen LogP contribution in [0.2, 0.25) is 0 Å². The van der Waals surface area contributed by atoms with Gasteiger partial charge in [-0.1, -0.05) is 26.2 Å². The van der Waals surface area contributed by atoms with E-state index in [-0.39, 0.29) is 0 Å². The predicted octanol–water partition coefficient (Wildman–Crippen LogP) is 2.60. The second-order valence-corrected chi connectivity index (χ2v) is 5.96. The molecule has 2 atom stereocenters. The Hall–Kier alpha value is -0.350. The molecule has 0 spiro atoms. The molecule has 1 saturated carbocycles. The van der Waals surface area contributed by atoms with Crippen LogP contribution in [-0.2, 0) is 4.74 Å². The van der Waals surface area contributed by atoms with Crippen LogP contribution in [0, 0.1) is 5.92 Å². The molecule has 1 aliphatic heterocycles. The summed E-state index contributed by atoms with van der Waals surface area (Å²) in [5.74, 6) is 0.626. The van der Waals surface area contributed by atoms with Crippen LogP contribution < -0.4 is 10.6 Å². The normalized spacial score (nSPS) is 29.2. The summed E-state index contributed by atoms with van der Waals surface area (Å²) in [7, 11) is 0. The fourth-order valence-corrected chi connectivity index (χ4v) is 3.33. The minimum Gasteiger partial charge on any atom is -0.378 e. The zero-order valence-electron chi connectivity index (χ0n) is 11.4. The maximum atomic E-state index is 5.69. The van der Waals surface area contributed by atoms with E-state index in [9.17, 15) is 0 Å². The van der Waals surface area contributed by atoms with Crippen LogP contribution in [0.3, 0.4) is 0 Å². The van der Waals surface area contributed by atoms with Gasteiger partial charge in [0, 0.05) is 25.1 Å². The Morgan fingerprint density at radius 3 is 2.72 bits per heavy atom. The molecule has 104 valence electrons. The molecule has 18 heavy (non-hydrogen) atoms. The zero-order valence-corrected chi connectivity index (χ0v) is 12.2. The molecule has 0 radical (unpaired) electrons. The van der Waals surface area contributed by atoms with Gasteiger partial charge in [-0.3, -0.25) is 0 Å². The Bertz CT molecular complexity index is 267. The summed E-state index contributed by atoms with van der Waals surface area (Å²) in [6.45, 7) is 4.06. The number of hydrogen-bond acceptors (Lipinski definition) is 2. The lowest BCUT2D eigenvalue weighted by molar-refractivity contribution is 0.0882. The lowest BCUT2D eigenvalue weighted by atomic mass is 9.96. The molecule has 2 rings (SSSR count). The van der Waals surface area contributed by atoms with Gasteiger partial charge in [-0.25, -0.2) is 0 Å². The first kappa shape index (κ1) is 14.1. The molecule has 1 heterocycles. The van der Waals surface area contributed by atoms with E-state index in [0.29, 0.717) is 18.1 Å². The molecular weight excluding hydrogens is 244 g/mol. The fourth-order valence-electron chi connectivity index (χ4n) is 3.08. The van der Waals surface area contributed by atoms with E-state index in [0.717, 1.165) is 31.1 Å². The summed E-state index contributed by atoms with van der Waals surface area (Å²) in [6.07, 6.45) is 9.30. The van der Waals surface area contributed by atoms with Crippen LogP contribution in [0.15, 0.2) is 0 Å². The Labute approximate surface area is 116 Å². The van der Waals surface area contributed by atoms with Gasteiger partial charge in [0.25, 0.3) is 0 Å². The van der Waals surface area contributed by atoms with Crippen LogP contribution in [0.4, 0.5) is 0 Å². The number of thiocarbonyl (C=S) groups is 1. The van der Waals surface area contributed by atoms with Crippen molar-refractivity contribution in [2.24, 2.45) is 5.92 Å². The Morgan fingerprint density at radius 2 is 2.00 bits per heavy atom. The van der Waals surface area contributed by atoms with Crippen LogP contribution in [0.25, 0.3) is 0 Å². The summed E-state index contributed by atoms with van der Waals surface area (Å²) in [5.41, 5.74) is 0. The van der Waals surface area contributed by atoms with Gasteiger partial charge in [-0.2, -0.15) is 0 Å². The molecule has 1 saturated heterocycles. The van der Waals surface area contributed by atoms with Crippen LogP contribution in [0.1, 0.15) is 51.9 Å². The van der Waals surface area contributed by atoms with Gasteiger partial charge in [-0.15, -0.1) is 0 Å². The molecule has 0 aromatic heterocycles. The molecule has 0 bridgehead atoms. The average Bonchev–Trinajstić information content (AvgIpc) is 2.85. The highest BCUT2D eigenvalue weighted by molar-refractivity contribution is 7.80. The smallest absolute Gasteiger partial charge is 0.166 e. The minimum atomic E-state index is 0.426. The monoisotopic (exact) mass is 270 g/mol. The van der Waals surface area contributed by atoms with Crippen molar-refractivity contribution in [3.63, 3.8) is 0 Å². The predicted molar refractivity (Wildman–Crippen MR) is 78.7 cm³/mol. The highest BCUT2D eigenvalue weighted by Crippen LogP contribution is 2.22. The first-order chi connectivity index (χ1) is 8.79. The molecule has 3 nitrogen and oxygen atoms in total. The summed E-state index contributed by atoms with van der Waals surface area (Å²) in [5, 5.41) is 7.67. The highest BCUT2D eigenvalue weighted by atomic mass is 32.1. The zero-order chi connectivity index (χ0) is 12.8. The van der Waals surface area contributed by atoms with Crippen LogP contribution in [-0.4, -0.2) is 30.4 Å². The van der Waals surface area contributed by atoms with Crippen molar-refractivity contribution < 1.29 is 4.74 Å². The van der Waals surface area contributed by atoms with Gasteiger partial charge in [0.2, 0.25) is 0 Å². The Kier molecular flexibility index (Phi) is 5.70. The third-order valence-corrected chi connectivity index (χ3v) is 4.48. The number of ether oxygens (including phenoxy) is 1. The van der Waals surface area contributed by atoms with Crippen molar-refractivity contribution in [3.05, 3.63) is 0 Å². The van der Waals surface area contributed by atoms with Crippen molar-refractivity contribution in [1.29, 1.82) is 0 Å². The molecule has 0 aromatic rings. The topological polar surface area (TPSA) is 33.3 Å². The van der Waals surface area contributed by atoms with Gasteiger partial charge >= 0.3 is 0 Å². The van der Waals surface area contributed by atoms with Gasteiger partial charge < -0.3 is 15.4 Å². The van der Waals surface area contributed by atoms with E-state index in [4.69, 9.17) is 17.0 Å². The lowest BCUT2D eigenvalue weighted by Gasteiger charge is -2.25. The SMILES string of the molecule is CCC1OCCC1CNC(=S)NC1CCCCC1. The van der Waals surface area contributed by atoms with Gasteiger partial charge in [-0.05, 0) is 37.9 Å². The van der Waals surface area contributed by atoms with Crippen molar-refractivity contribution in [3.8, 4) is 0 Å². The van der Waals surface area contributed by atoms with E-state index in [1.807, 2.05) is 0 Å². The van der Waals surface area contributed by atoms with Gasteiger partial charge in [0.15, 0.2) is 5.11 Å². The number of rotatable bonds is 4. The fraction of sp³-hybridized carbons (Fsp3) is 0.929. The average molecular weight is 270 g/mol. The van der Waals surface area contributed by atoms with Crippen molar-refractivity contribution in [1.82, 2.24) is 10.6 Å². The third-order valence-electron chi connectivity index (χ3n) is 4.21. The van der Waals surface area contributed by atoms with Crippen molar-refractivity contribution >= 4 is 17.3 Å². The standard InChI is InChI=1S/C14H26N2OS/c1-2-13-11(8-9-17-13)10-15-14(18)16-12-6-4-3-5-7-12/h11-13H,2-10H2,1H3,(H2,15,16,18). The molecule has 0 aromatic carbocycles. The molecular formula is C14H26N2OS. The molecule has 2 unspecified atom stereocenters. The van der Waals surface area contributed by atoms with Gasteiger partial charge in [0.05, 0.1) is 6.10 Å². The van der Waals surface area contributed by atoms with Crippen molar-refractivity contribution in [2.45, 2.75) is 64.0 Å². The highest BCUT2D eigenvalue weighted by Gasteiger charge is 2.26. The second kappa shape index (κ2) is 7.29. The van der Waals surface area contributed by atoms with E-state index in [1.165, 1.54) is 32.1 Å². The first-order valence-electron chi connectivity index (χ1n) is 7.45. The largest absolute Gasteiger partial charge is 0.378 e. The van der Waals surface area contributed by atoms with E-state index in [1.54, 1.807) is 0 Å². The molecule has 2 aliphatic rings. The number of nitrogens with one attached hydrogen (secondary N) is 2. The molecule has 2 fully saturated rings. The summed E-state index contributed by atoms with van der Waals surface area (Å²) in [4.78, 5) is 0. The minimum absolute atomic E-state index is 0.426. The molecule has 0 amide bonds. The quantitative estimate of drug-likeness (QED) is 0.769. The van der Waals surface area contributed by atoms with Crippen molar-refractivity contribution in [2.75, 3.05) is 13.2 Å².